The van der Waals surface area contributed by atoms with Crippen molar-refractivity contribution in [2.24, 2.45) is 5.92 Å². The molecule has 9 heteroatoms. The minimum absolute atomic E-state index is 0.0110. The number of carbonyl (C=O) groups excluding carboxylic acids is 1. The number of hydrogen-bond acceptors (Lipinski definition) is 6. The second-order valence-electron chi connectivity index (χ2n) is 8.48. The van der Waals surface area contributed by atoms with Gasteiger partial charge in [0.2, 0.25) is 0 Å². The van der Waals surface area contributed by atoms with E-state index in [0.717, 1.165) is 18.4 Å². The minimum atomic E-state index is -0.0112. The average Bonchev–Trinajstić information content (AvgIpc) is 3.47. The summed E-state index contributed by atoms with van der Waals surface area (Å²) in [5.41, 5.74) is 3.58. The van der Waals surface area contributed by atoms with Gasteiger partial charge in [-0.1, -0.05) is 30.7 Å². The molecule has 1 aliphatic rings. The van der Waals surface area contributed by atoms with Crippen molar-refractivity contribution in [1.82, 2.24) is 24.9 Å². The number of benzene rings is 2. The fourth-order valence-electron chi connectivity index (χ4n) is 4.56. The maximum absolute atomic E-state index is 13.9. The molecule has 0 radical (unpaired) electrons. The summed E-state index contributed by atoms with van der Waals surface area (Å²) in [6, 6.07) is 11.5. The van der Waals surface area contributed by atoms with Crippen LogP contribution in [0, 0.1) is 12.8 Å². The van der Waals surface area contributed by atoms with Crippen LogP contribution in [0.15, 0.2) is 53.2 Å². The third kappa shape index (κ3) is 4.18. The number of rotatable bonds is 5. The number of piperidine rings is 1. The van der Waals surface area contributed by atoms with Crippen LogP contribution in [-0.2, 0) is 0 Å². The molecule has 2 aromatic carbocycles. The summed E-state index contributed by atoms with van der Waals surface area (Å²) in [5, 5.41) is 12.4. The van der Waals surface area contributed by atoms with Gasteiger partial charge in [-0.25, -0.2) is 0 Å². The minimum Gasteiger partial charge on any atom is -0.424 e. The van der Waals surface area contributed by atoms with Crippen molar-refractivity contribution >= 4 is 34.6 Å². The number of likely N-dealkylation sites (tertiary alicyclic amines) is 1. The van der Waals surface area contributed by atoms with Crippen LogP contribution in [0.4, 0.5) is 6.01 Å². The molecule has 0 bridgehead atoms. The number of carbonyl (C=O) groups is 1. The fraction of sp³-hybridized carbons (Fsp3) is 0.333. The lowest BCUT2D eigenvalue weighted by atomic mass is 9.89. The monoisotopic (exact) mass is 464 g/mol. The van der Waals surface area contributed by atoms with Crippen molar-refractivity contribution in [1.29, 1.82) is 0 Å². The van der Waals surface area contributed by atoms with Crippen LogP contribution in [0.5, 0.6) is 0 Å². The molecule has 0 saturated carbocycles. The van der Waals surface area contributed by atoms with Crippen LogP contribution in [0.25, 0.3) is 16.8 Å². The quantitative estimate of drug-likeness (QED) is 0.459. The van der Waals surface area contributed by atoms with E-state index in [4.69, 9.17) is 16.0 Å². The third-order valence-electron chi connectivity index (χ3n) is 6.29. The van der Waals surface area contributed by atoms with Crippen molar-refractivity contribution < 1.29 is 9.21 Å². The zero-order chi connectivity index (χ0) is 22.9. The molecule has 1 N–H and O–H groups in total. The summed E-state index contributed by atoms with van der Waals surface area (Å²) in [6.45, 7) is 5.36. The average molecular weight is 465 g/mol. The highest BCUT2D eigenvalue weighted by atomic mass is 35.5. The molecule has 3 heterocycles. The Morgan fingerprint density at radius 3 is 2.88 bits per heavy atom. The Bertz CT molecular complexity index is 1290. The molecular formula is C24H25ClN6O2. The smallest absolute Gasteiger partial charge is 0.295 e. The number of fused-ring (bicyclic) bond motifs is 1. The van der Waals surface area contributed by atoms with Gasteiger partial charge in [0.15, 0.2) is 5.58 Å². The van der Waals surface area contributed by atoms with Crippen molar-refractivity contribution in [3.8, 4) is 5.69 Å². The normalized spacial score (nSPS) is 18.6. The van der Waals surface area contributed by atoms with E-state index in [0.29, 0.717) is 52.4 Å². The molecule has 8 nitrogen and oxygen atoms in total. The third-order valence-corrected chi connectivity index (χ3v) is 6.52. The van der Waals surface area contributed by atoms with E-state index in [1.54, 1.807) is 30.6 Å². The van der Waals surface area contributed by atoms with Gasteiger partial charge in [-0.05, 0) is 55.5 Å². The number of nitrogens with one attached hydrogen (secondary N) is 1. The number of halogens is 1. The predicted octanol–water partition coefficient (Wildman–Crippen LogP) is 4.72. The molecule has 0 spiro atoms. The van der Waals surface area contributed by atoms with Gasteiger partial charge < -0.3 is 14.6 Å². The topological polar surface area (TPSA) is 89.1 Å². The number of anilines is 1. The molecule has 33 heavy (non-hydrogen) atoms. The Kier molecular flexibility index (Phi) is 5.76. The van der Waals surface area contributed by atoms with Crippen LogP contribution in [0.3, 0.4) is 0 Å². The molecule has 2 atom stereocenters. The van der Waals surface area contributed by atoms with Crippen molar-refractivity contribution in [3.05, 3.63) is 64.9 Å². The molecule has 1 fully saturated rings. The zero-order valence-electron chi connectivity index (χ0n) is 18.5. The first-order valence-corrected chi connectivity index (χ1v) is 11.5. The lowest BCUT2D eigenvalue weighted by molar-refractivity contribution is 0.0538. The number of aromatic nitrogens is 4. The summed E-state index contributed by atoms with van der Waals surface area (Å²) < 4.78 is 5.81. The maximum Gasteiger partial charge on any atom is 0.295 e. The lowest BCUT2D eigenvalue weighted by Gasteiger charge is -2.40. The molecule has 0 aliphatic carbocycles. The number of aryl methyl sites for hydroxylation is 1. The summed E-state index contributed by atoms with van der Waals surface area (Å²) in [5.74, 6) is 0.312. The molecule has 1 saturated heterocycles. The van der Waals surface area contributed by atoms with Gasteiger partial charge in [-0.3, -0.25) is 4.79 Å². The largest absolute Gasteiger partial charge is 0.424 e. The highest BCUT2D eigenvalue weighted by Gasteiger charge is 2.34. The Hall–Kier alpha value is -3.39. The Morgan fingerprint density at radius 1 is 1.24 bits per heavy atom. The second-order valence-corrected chi connectivity index (χ2v) is 8.92. The van der Waals surface area contributed by atoms with Crippen LogP contribution in [0.2, 0.25) is 5.02 Å². The van der Waals surface area contributed by atoms with Crippen LogP contribution in [0.1, 0.15) is 35.7 Å². The van der Waals surface area contributed by atoms with Crippen LogP contribution in [-0.4, -0.2) is 49.9 Å². The lowest BCUT2D eigenvalue weighted by Crippen LogP contribution is -2.51. The van der Waals surface area contributed by atoms with E-state index in [1.807, 2.05) is 30.0 Å². The fourth-order valence-corrected chi connectivity index (χ4v) is 4.73. The zero-order valence-corrected chi connectivity index (χ0v) is 19.3. The summed E-state index contributed by atoms with van der Waals surface area (Å²) in [6.07, 6.45) is 5.24. The van der Waals surface area contributed by atoms with Gasteiger partial charge in [-0.2, -0.15) is 20.0 Å². The molecule has 1 amide bonds. The predicted molar refractivity (Wildman–Crippen MR) is 127 cm³/mol. The molecule has 4 aromatic rings. The van der Waals surface area contributed by atoms with E-state index < -0.39 is 0 Å². The molecule has 1 aliphatic heterocycles. The van der Waals surface area contributed by atoms with Crippen molar-refractivity contribution in [2.75, 3.05) is 18.4 Å². The molecule has 5 rings (SSSR count). The van der Waals surface area contributed by atoms with E-state index in [2.05, 4.69) is 27.4 Å². The number of hydrogen-bond donors (Lipinski definition) is 1. The SMILES string of the molecule is Cc1cccc(-n2nccn2)c1C(=O)N1CCCC(C)C1CNc1nc2cc(Cl)ccc2o1. The molecule has 170 valence electrons. The van der Waals surface area contributed by atoms with Crippen LogP contribution >= 0.6 is 11.6 Å². The van der Waals surface area contributed by atoms with Gasteiger partial charge in [0, 0.05) is 18.1 Å². The maximum atomic E-state index is 13.9. The second kappa shape index (κ2) is 8.86. The number of amides is 1. The summed E-state index contributed by atoms with van der Waals surface area (Å²) in [4.78, 5) is 21.8. The first-order chi connectivity index (χ1) is 16.0. The van der Waals surface area contributed by atoms with Crippen molar-refractivity contribution in [3.63, 3.8) is 0 Å². The summed E-state index contributed by atoms with van der Waals surface area (Å²) >= 11 is 6.06. The van der Waals surface area contributed by atoms with E-state index in [-0.39, 0.29) is 11.9 Å². The Morgan fingerprint density at radius 2 is 2.06 bits per heavy atom. The number of nitrogens with zero attached hydrogens (tertiary/aromatic N) is 5. The number of oxazole rings is 1. The van der Waals surface area contributed by atoms with Crippen LogP contribution < -0.4 is 5.32 Å². The van der Waals surface area contributed by atoms with Gasteiger partial charge in [0.05, 0.1) is 29.7 Å². The van der Waals surface area contributed by atoms with E-state index in [9.17, 15) is 4.79 Å². The molecular weight excluding hydrogens is 440 g/mol. The van der Waals surface area contributed by atoms with E-state index >= 15 is 0 Å². The Labute approximate surface area is 196 Å². The highest BCUT2D eigenvalue weighted by molar-refractivity contribution is 6.31. The first-order valence-electron chi connectivity index (χ1n) is 11.1. The highest BCUT2D eigenvalue weighted by Crippen LogP contribution is 2.29. The van der Waals surface area contributed by atoms with Gasteiger partial charge >= 0.3 is 0 Å². The van der Waals surface area contributed by atoms with Gasteiger partial charge in [-0.15, -0.1) is 0 Å². The van der Waals surface area contributed by atoms with E-state index in [1.165, 1.54) is 4.80 Å². The van der Waals surface area contributed by atoms with Crippen molar-refractivity contribution in [2.45, 2.75) is 32.7 Å². The van der Waals surface area contributed by atoms with Gasteiger partial charge in [0.1, 0.15) is 5.52 Å². The summed E-state index contributed by atoms with van der Waals surface area (Å²) in [7, 11) is 0. The Balaban J connectivity index is 1.41. The van der Waals surface area contributed by atoms with Gasteiger partial charge in [0.25, 0.3) is 11.9 Å². The molecule has 2 aromatic heterocycles. The first kappa shape index (κ1) is 21.5. The molecule has 2 unspecified atom stereocenters. The standard InChI is InChI=1S/C24H25ClN6O2/c1-15-6-4-12-30(20(15)14-26-24-29-18-13-17(25)8-9-21(18)33-24)23(32)22-16(2)5-3-7-19(22)31-27-10-11-28-31/h3,5,7-11,13,15,20H,4,6,12,14H2,1-2H3,(H,26,29).